The number of hydrogen-bond acceptors (Lipinski definition) is 2. The first-order valence-corrected chi connectivity index (χ1v) is 14.3. The third-order valence-electron chi connectivity index (χ3n) is 8.10. The molecule has 2 heterocycles. The molecule has 2 unspecified atom stereocenters. The summed E-state index contributed by atoms with van der Waals surface area (Å²) in [5.74, 6) is 0.263. The summed E-state index contributed by atoms with van der Waals surface area (Å²) in [6.45, 7) is 6.17. The Kier molecular flexibility index (Phi) is 8.93. The minimum absolute atomic E-state index is 0.112. The second kappa shape index (κ2) is 12.9. The van der Waals surface area contributed by atoms with Crippen molar-refractivity contribution in [1.29, 1.82) is 0 Å². The summed E-state index contributed by atoms with van der Waals surface area (Å²) in [4.78, 5) is 15.8. The fraction of sp³-hybridized carbons (Fsp3) is 0.382. The Morgan fingerprint density at radius 3 is 2.39 bits per heavy atom. The van der Waals surface area contributed by atoms with Gasteiger partial charge in [-0.2, -0.15) is 0 Å². The summed E-state index contributed by atoms with van der Waals surface area (Å²) in [5, 5.41) is 4.49. The first kappa shape index (κ1) is 26.2. The third kappa shape index (κ3) is 6.73. The summed E-state index contributed by atoms with van der Waals surface area (Å²) in [5.41, 5.74) is 5.03. The molecular weight excluding hydrogens is 466 g/mol. The highest BCUT2D eigenvalue weighted by Gasteiger charge is 2.22. The van der Waals surface area contributed by atoms with Gasteiger partial charge in [0, 0.05) is 49.2 Å². The predicted octanol–water partition coefficient (Wildman–Crippen LogP) is 6.79. The van der Waals surface area contributed by atoms with Gasteiger partial charge in [-0.1, -0.05) is 85.3 Å². The average molecular weight is 508 g/mol. The van der Waals surface area contributed by atoms with E-state index in [0.717, 1.165) is 32.5 Å². The molecule has 0 radical (unpaired) electrons. The van der Waals surface area contributed by atoms with Gasteiger partial charge in [-0.3, -0.25) is 4.79 Å². The molecule has 1 amide bonds. The molecule has 38 heavy (non-hydrogen) atoms. The average Bonchev–Trinajstić information content (AvgIpc) is 3.31. The molecule has 1 N–H and O–H groups in total. The van der Waals surface area contributed by atoms with E-state index >= 15 is 0 Å². The van der Waals surface area contributed by atoms with Crippen molar-refractivity contribution >= 4 is 16.8 Å². The number of piperidine rings is 1. The molecule has 1 aromatic heterocycles. The maximum absolute atomic E-state index is 13.2. The van der Waals surface area contributed by atoms with Crippen molar-refractivity contribution in [3.05, 3.63) is 108 Å². The second-order valence-corrected chi connectivity index (χ2v) is 10.9. The van der Waals surface area contributed by atoms with Crippen molar-refractivity contribution < 1.29 is 4.79 Å². The molecule has 1 aliphatic rings. The Labute approximate surface area is 227 Å². The second-order valence-electron chi connectivity index (χ2n) is 10.9. The van der Waals surface area contributed by atoms with Gasteiger partial charge in [-0.25, -0.2) is 0 Å². The lowest BCUT2D eigenvalue weighted by molar-refractivity contribution is -0.121. The third-order valence-corrected chi connectivity index (χ3v) is 8.10. The zero-order valence-electron chi connectivity index (χ0n) is 22.7. The van der Waals surface area contributed by atoms with E-state index in [1.54, 1.807) is 0 Å². The quantitative estimate of drug-likeness (QED) is 0.227. The van der Waals surface area contributed by atoms with E-state index in [1.165, 1.54) is 53.4 Å². The maximum atomic E-state index is 13.2. The molecule has 1 saturated heterocycles. The highest BCUT2D eigenvalue weighted by Crippen LogP contribution is 2.33. The lowest BCUT2D eigenvalue weighted by Crippen LogP contribution is -2.39. The van der Waals surface area contributed by atoms with Gasteiger partial charge in [0.05, 0.1) is 0 Å². The molecule has 3 aromatic carbocycles. The van der Waals surface area contributed by atoms with E-state index in [1.807, 2.05) is 0 Å². The van der Waals surface area contributed by atoms with Crippen LogP contribution in [0, 0.1) is 0 Å². The van der Waals surface area contributed by atoms with E-state index in [4.69, 9.17) is 0 Å². The number of likely N-dealkylation sites (tertiary alicyclic amines) is 1. The van der Waals surface area contributed by atoms with Crippen LogP contribution in [-0.2, 0) is 17.8 Å². The lowest BCUT2D eigenvalue weighted by atomic mass is 9.88. The van der Waals surface area contributed by atoms with Crippen LogP contribution in [0.4, 0.5) is 0 Å². The highest BCUT2D eigenvalue weighted by molar-refractivity contribution is 5.86. The van der Waals surface area contributed by atoms with Crippen molar-refractivity contribution in [3.63, 3.8) is 0 Å². The van der Waals surface area contributed by atoms with Crippen molar-refractivity contribution in [3.8, 4) is 0 Å². The van der Waals surface area contributed by atoms with E-state index in [9.17, 15) is 4.79 Å². The fourth-order valence-electron chi connectivity index (χ4n) is 6.00. The number of fused-ring (bicyclic) bond motifs is 1. The summed E-state index contributed by atoms with van der Waals surface area (Å²) in [6, 6.07) is 30.5. The number of hydrogen-bond donors (Lipinski definition) is 1. The van der Waals surface area contributed by atoms with Crippen molar-refractivity contribution in [2.75, 3.05) is 19.6 Å². The predicted molar refractivity (Wildman–Crippen MR) is 157 cm³/mol. The Balaban J connectivity index is 1.31. The minimum atomic E-state index is 0.112. The molecule has 0 spiro atoms. The Morgan fingerprint density at radius 1 is 0.921 bits per heavy atom. The van der Waals surface area contributed by atoms with Crippen LogP contribution < -0.4 is 5.32 Å². The molecule has 1 fully saturated rings. The maximum Gasteiger partial charge on any atom is 0.220 e. The number of carbonyl (C=O) groups excluding carboxylic acids is 1. The summed E-state index contributed by atoms with van der Waals surface area (Å²) < 4.78 is 2.34. The fourth-order valence-corrected chi connectivity index (χ4v) is 6.00. The molecule has 5 rings (SSSR count). The van der Waals surface area contributed by atoms with Crippen molar-refractivity contribution in [2.24, 2.45) is 0 Å². The van der Waals surface area contributed by atoms with E-state index < -0.39 is 0 Å². The number of para-hydroxylation sites is 1. The van der Waals surface area contributed by atoms with Gasteiger partial charge >= 0.3 is 0 Å². The van der Waals surface area contributed by atoms with Crippen LogP contribution in [0.2, 0.25) is 0 Å². The number of benzene rings is 3. The van der Waals surface area contributed by atoms with Crippen LogP contribution in [0.25, 0.3) is 10.9 Å². The molecule has 0 saturated carbocycles. The number of rotatable bonds is 11. The minimum Gasteiger partial charge on any atom is -0.356 e. The Morgan fingerprint density at radius 2 is 1.63 bits per heavy atom. The van der Waals surface area contributed by atoms with Crippen LogP contribution >= 0.6 is 0 Å². The summed E-state index contributed by atoms with van der Waals surface area (Å²) in [6.07, 6.45) is 8.58. The van der Waals surface area contributed by atoms with Gasteiger partial charge in [-0.05, 0) is 67.8 Å². The summed E-state index contributed by atoms with van der Waals surface area (Å²) in [7, 11) is 0. The molecule has 4 nitrogen and oxygen atoms in total. The monoisotopic (exact) mass is 507 g/mol. The largest absolute Gasteiger partial charge is 0.356 e. The van der Waals surface area contributed by atoms with Crippen LogP contribution in [0.15, 0.2) is 91.1 Å². The van der Waals surface area contributed by atoms with Gasteiger partial charge in [0.25, 0.3) is 0 Å². The topological polar surface area (TPSA) is 37.3 Å². The smallest absolute Gasteiger partial charge is 0.220 e. The van der Waals surface area contributed by atoms with Gasteiger partial charge < -0.3 is 14.8 Å². The van der Waals surface area contributed by atoms with Gasteiger partial charge in [-0.15, -0.1) is 0 Å². The van der Waals surface area contributed by atoms with Crippen LogP contribution in [0.5, 0.6) is 0 Å². The standard InChI is InChI=1S/C34H41N3O/c1-27-13-10-11-21-36(27)22-12-20-35-34(38)24-30(23-28-14-4-2-5-15-28)32-26-37(25-29-16-6-3-7-17-29)33-19-9-8-18-31(32)33/h2-9,14-19,26-27,30H,10-13,20-25H2,1H3,(H,35,38). The first-order valence-electron chi connectivity index (χ1n) is 14.3. The van der Waals surface area contributed by atoms with E-state index in [-0.39, 0.29) is 11.8 Å². The molecule has 0 aliphatic carbocycles. The van der Waals surface area contributed by atoms with Crippen LogP contribution in [-0.4, -0.2) is 41.1 Å². The van der Waals surface area contributed by atoms with Gasteiger partial charge in [0.2, 0.25) is 5.91 Å². The molecule has 0 bridgehead atoms. The first-order chi connectivity index (χ1) is 18.7. The van der Waals surface area contributed by atoms with Crippen LogP contribution in [0.3, 0.4) is 0 Å². The highest BCUT2D eigenvalue weighted by atomic mass is 16.1. The van der Waals surface area contributed by atoms with E-state index in [0.29, 0.717) is 12.5 Å². The van der Waals surface area contributed by atoms with Crippen molar-refractivity contribution in [1.82, 2.24) is 14.8 Å². The lowest BCUT2D eigenvalue weighted by Gasteiger charge is -2.33. The molecule has 198 valence electrons. The number of nitrogens with one attached hydrogen (secondary N) is 1. The molecule has 2 atom stereocenters. The Bertz CT molecular complexity index is 1300. The Hall–Kier alpha value is -3.37. The van der Waals surface area contributed by atoms with Gasteiger partial charge in [0.1, 0.15) is 0 Å². The molecule has 4 aromatic rings. The van der Waals surface area contributed by atoms with Crippen molar-refractivity contribution in [2.45, 2.75) is 64.0 Å². The zero-order valence-corrected chi connectivity index (χ0v) is 22.7. The van der Waals surface area contributed by atoms with E-state index in [2.05, 4.69) is 113 Å². The van der Waals surface area contributed by atoms with Crippen LogP contribution in [0.1, 0.15) is 61.6 Å². The zero-order chi connectivity index (χ0) is 26.2. The number of amides is 1. The molecule has 1 aliphatic heterocycles. The normalized spacial score (nSPS) is 16.9. The number of carbonyl (C=O) groups is 1. The SMILES string of the molecule is CC1CCCCN1CCCNC(=O)CC(Cc1ccccc1)c1cn(Cc2ccccc2)c2ccccc12. The van der Waals surface area contributed by atoms with Gasteiger partial charge in [0.15, 0.2) is 0 Å². The molecular formula is C34H41N3O. The summed E-state index contributed by atoms with van der Waals surface area (Å²) >= 11 is 0. The molecule has 4 heteroatoms. The number of aromatic nitrogens is 1. The number of nitrogens with zero attached hydrogens (tertiary/aromatic N) is 2.